The van der Waals surface area contributed by atoms with Gasteiger partial charge in [0.25, 0.3) is 0 Å². The molecule has 1 heterocycles. The van der Waals surface area contributed by atoms with E-state index in [9.17, 15) is 4.79 Å². The summed E-state index contributed by atoms with van der Waals surface area (Å²) in [7, 11) is 2.97. The largest absolute Gasteiger partial charge is 0.481 e. The molecule has 0 aromatic carbocycles. The summed E-state index contributed by atoms with van der Waals surface area (Å²) in [4.78, 5) is 18.3. The van der Waals surface area contributed by atoms with E-state index in [0.29, 0.717) is 18.7 Å². The van der Waals surface area contributed by atoms with Crippen LogP contribution in [0, 0.1) is 0 Å². The van der Waals surface area contributed by atoms with Gasteiger partial charge in [-0.2, -0.15) is 4.98 Å². The van der Waals surface area contributed by atoms with Crippen molar-refractivity contribution in [2.45, 2.75) is 19.3 Å². The van der Waals surface area contributed by atoms with Crippen LogP contribution in [0.2, 0.25) is 0 Å². The summed E-state index contributed by atoms with van der Waals surface area (Å²) in [5.74, 6) is -0.384. The van der Waals surface area contributed by atoms with Gasteiger partial charge in [0.2, 0.25) is 5.88 Å². The Balaban J connectivity index is 2.68. The fourth-order valence-electron chi connectivity index (χ4n) is 1.25. The Hall–Kier alpha value is -1.85. The monoisotopic (exact) mass is 226 g/mol. The van der Waals surface area contributed by atoms with Crippen molar-refractivity contribution in [1.29, 1.82) is 0 Å². The summed E-state index contributed by atoms with van der Waals surface area (Å²) in [6.07, 6.45) is 2.81. The van der Waals surface area contributed by atoms with Crippen LogP contribution < -0.4 is 9.47 Å². The molecule has 0 atom stereocenters. The van der Waals surface area contributed by atoms with Crippen LogP contribution in [0.4, 0.5) is 0 Å². The fraction of sp³-hybridized carbons (Fsp3) is 0.500. The third-order valence-corrected chi connectivity index (χ3v) is 2.02. The average Bonchev–Trinajstić information content (AvgIpc) is 2.29. The maximum atomic E-state index is 10.4. The highest BCUT2D eigenvalue weighted by atomic mass is 16.5. The van der Waals surface area contributed by atoms with Gasteiger partial charge in [-0.25, -0.2) is 4.98 Å². The number of hydrogen-bond acceptors (Lipinski definition) is 5. The van der Waals surface area contributed by atoms with Crippen molar-refractivity contribution >= 4 is 5.97 Å². The van der Waals surface area contributed by atoms with Gasteiger partial charge < -0.3 is 14.6 Å². The van der Waals surface area contributed by atoms with E-state index in [1.165, 1.54) is 14.2 Å². The minimum Gasteiger partial charge on any atom is -0.481 e. The molecule has 1 aromatic rings. The van der Waals surface area contributed by atoms with Gasteiger partial charge in [-0.3, -0.25) is 4.79 Å². The minimum absolute atomic E-state index is 0.120. The van der Waals surface area contributed by atoms with E-state index >= 15 is 0 Å². The zero-order valence-electron chi connectivity index (χ0n) is 9.27. The highest BCUT2D eigenvalue weighted by molar-refractivity contribution is 5.66. The second-order valence-corrected chi connectivity index (χ2v) is 3.14. The number of carboxylic acids is 1. The van der Waals surface area contributed by atoms with Crippen molar-refractivity contribution in [1.82, 2.24) is 9.97 Å². The topological polar surface area (TPSA) is 81.5 Å². The van der Waals surface area contributed by atoms with Crippen molar-refractivity contribution in [3.8, 4) is 11.9 Å². The lowest BCUT2D eigenvalue weighted by atomic mass is 10.1. The standard InChI is InChI=1S/C10H14N2O4/c1-15-9-7(4-3-5-8(13)14)6-11-10(12-9)16-2/h6H,3-5H2,1-2H3,(H,13,14). The van der Waals surface area contributed by atoms with Crippen LogP contribution in [-0.2, 0) is 11.2 Å². The van der Waals surface area contributed by atoms with Gasteiger partial charge in [-0.05, 0) is 12.8 Å². The molecule has 0 aliphatic carbocycles. The van der Waals surface area contributed by atoms with Crippen molar-refractivity contribution < 1.29 is 19.4 Å². The van der Waals surface area contributed by atoms with Crippen LogP contribution in [0.3, 0.4) is 0 Å². The lowest BCUT2D eigenvalue weighted by molar-refractivity contribution is -0.137. The Morgan fingerprint density at radius 3 is 2.75 bits per heavy atom. The maximum absolute atomic E-state index is 10.4. The second kappa shape index (κ2) is 5.89. The SMILES string of the molecule is COc1ncc(CCCC(=O)O)c(OC)n1. The summed E-state index contributed by atoms with van der Waals surface area (Å²) in [5, 5.41) is 8.52. The molecule has 0 radical (unpaired) electrons. The van der Waals surface area contributed by atoms with E-state index in [0.717, 1.165) is 5.56 Å². The van der Waals surface area contributed by atoms with Crippen LogP contribution in [0.5, 0.6) is 11.9 Å². The zero-order chi connectivity index (χ0) is 12.0. The first-order valence-corrected chi connectivity index (χ1v) is 4.83. The average molecular weight is 226 g/mol. The number of ether oxygens (including phenoxy) is 2. The molecule has 88 valence electrons. The summed E-state index contributed by atoms with van der Waals surface area (Å²) in [5.41, 5.74) is 0.782. The maximum Gasteiger partial charge on any atom is 0.319 e. The number of methoxy groups -OCH3 is 2. The second-order valence-electron chi connectivity index (χ2n) is 3.14. The predicted molar refractivity (Wildman–Crippen MR) is 55.7 cm³/mol. The molecule has 0 unspecified atom stereocenters. The number of aryl methyl sites for hydroxylation is 1. The summed E-state index contributed by atoms with van der Waals surface area (Å²) in [6.45, 7) is 0. The number of rotatable bonds is 6. The molecule has 0 fully saturated rings. The predicted octanol–water partition coefficient (Wildman–Crippen LogP) is 0.901. The van der Waals surface area contributed by atoms with E-state index in [2.05, 4.69) is 9.97 Å². The Morgan fingerprint density at radius 1 is 1.44 bits per heavy atom. The smallest absolute Gasteiger partial charge is 0.319 e. The molecular weight excluding hydrogens is 212 g/mol. The third-order valence-electron chi connectivity index (χ3n) is 2.02. The fourth-order valence-corrected chi connectivity index (χ4v) is 1.25. The number of aromatic nitrogens is 2. The van der Waals surface area contributed by atoms with Crippen molar-refractivity contribution in [2.24, 2.45) is 0 Å². The third kappa shape index (κ3) is 3.38. The van der Waals surface area contributed by atoms with Crippen LogP contribution in [0.25, 0.3) is 0 Å². The van der Waals surface area contributed by atoms with Crippen LogP contribution >= 0.6 is 0 Å². The molecule has 1 rings (SSSR count). The lowest BCUT2D eigenvalue weighted by Crippen LogP contribution is -2.01. The molecule has 0 amide bonds. The van der Waals surface area contributed by atoms with E-state index in [1.54, 1.807) is 6.20 Å². The summed E-state index contributed by atoms with van der Waals surface area (Å²) in [6, 6.07) is 0.235. The number of carbonyl (C=O) groups is 1. The first kappa shape index (κ1) is 12.2. The molecule has 0 spiro atoms. The van der Waals surface area contributed by atoms with Gasteiger partial charge in [0.1, 0.15) is 0 Å². The summed E-state index contributed by atoms with van der Waals surface area (Å²) < 4.78 is 9.92. The number of aliphatic carboxylic acids is 1. The van der Waals surface area contributed by atoms with Crippen molar-refractivity contribution in [2.75, 3.05) is 14.2 Å². The molecule has 6 heteroatoms. The van der Waals surface area contributed by atoms with E-state index < -0.39 is 5.97 Å². The quantitative estimate of drug-likeness (QED) is 0.776. The molecule has 0 bridgehead atoms. The van der Waals surface area contributed by atoms with Gasteiger partial charge in [-0.15, -0.1) is 0 Å². The summed E-state index contributed by atoms with van der Waals surface area (Å²) >= 11 is 0. The zero-order valence-corrected chi connectivity index (χ0v) is 9.27. The molecule has 16 heavy (non-hydrogen) atoms. The molecular formula is C10H14N2O4. The normalized spacial score (nSPS) is 9.88. The van der Waals surface area contributed by atoms with Gasteiger partial charge in [0, 0.05) is 18.2 Å². The Kier molecular flexibility index (Phi) is 4.50. The van der Waals surface area contributed by atoms with E-state index in [1.807, 2.05) is 0 Å². The van der Waals surface area contributed by atoms with Gasteiger partial charge in [-0.1, -0.05) is 0 Å². The molecule has 1 N–H and O–H groups in total. The van der Waals surface area contributed by atoms with Gasteiger partial charge >= 0.3 is 12.0 Å². The lowest BCUT2D eigenvalue weighted by Gasteiger charge is -2.07. The molecule has 0 saturated heterocycles. The van der Waals surface area contributed by atoms with Crippen molar-refractivity contribution in [3.63, 3.8) is 0 Å². The number of nitrogens with zero attached hydrogens (tertiary/aromatic N) is 2. The molecule has 0 aliphatic heterocycles. The molecule has 6 nitrogen and oxygen atoms in total. The number of hydrogen-bond donors (Lipinski definition) is 1. The Bertz CT molecular complexity index is 368. The first-order chi connectivity index (χ1) is 7.67. The van der Waals surface area contributed by atoms with E-state index in [-0.39, 0.29) is 12.4 Å². The van der Waals surface area contributed by atoms with Crippen LogP contribution in [0.15, 0.2) is 6.20 Å². The first-order valence-electron chi connectivity index (χ1n) is 4.83. The molecule has 0 aliphatic rings. The highest BCUT2D eigenvalue weighted by Gasteiger charge is 2.08. The molecule has 1 aromatic heterocycles. The number of carboxylic acid groups (broad SMARTS) is 1. The van der Waals surface area contributed by atoms with Gasteiger partial charge in [0.05, 0.1) is 14.2 Å². The Morgan fingerprint density at radius 2 is 2.19 bits per heavy atom. The van der Waals surface area contributed by atoms with E-state index in [4.69, 9.17) is 14.6 Å². The molecule has 0 saturated carbocycles. The highest BCUT2D eigenvalue weighted by Crippen LogP contribution is 2.18. The Labute approximate surface area is 93.2 Å². The minimum atomic E-state index is -0.812. The van der Waals surface area contributed by atoms with Gasteiger partial charge in [0.15, 0.2) is 0 Å². The van der Waals surface area contributed by atoms with Crippen molar-refractivity contribution in [3.05, 3.63) is 11.8 Å². The van der Waals surface area contributed by atoms with Crippen LogP contribution in [-0.4, -0.2) is 35.3 Å². The van der Waals surface area contributed by atoms with Crippen LogP contribution in [0.1, 0.15) is 18.4 Å².